The van der Waals surface area contributed by atoms with Crippen molar-refractivity contribution in [3.63, 3.8) is 0 Å². The van der Waals surface area contributed by atoms with Crippen molar-refractivity contribution in [3.05, 3.63) is 83.3 Å². The number of hydrogen-bond acceptors (Lipinski definition) is 2. The van der Waals surface area contributed by atoms with E-state index in [4.69, 9.17) is 4.42 Å². The fraction of sp³-hybridized carbons (Fsp3) is 0.250. The lowest BCUT2D eigenvalue weighted by atomic mass is 9.88. The van der Waals surface area contributed by atoms with Gasteiger partial charge in [0.25, 0.3) is 0 Å². The van der Waals surface area contributed by atoms with E-state index in [9.17, 15) is 0 Å². The molecule has 1 heterocycles. The number of fused-ring (bicyclic) bond motifs is 3. The van der Waals surface area contributed by atoms with Crippen LogP contribution in [0.15, 0.2) is 76.4 Å². The first kappa shape index (κ1) is 15.5. The topological polar surface area (TPSA) is 25.2 Å². The highest BCUT2D eigenvalue weighted by Crippen LogP contribution is 2.36. The van der Waals surface area contributed by atoms with Gasteiger partial charge in [0.1, 0.15) is 11.3 Å². The van der Waals surface area contributed by atoms with Crippen molar-refractivity contribution in [2.24, 2.45) is 5.92 Å². The summed E-state index contributed by atoms with van der Waals surface area (Å²) in [5.74, 6) is 1.53. The first-order valence-electron chi connectivity index (χ1n) is 9.61. The van der Waals surface area contributed by atoms with Gasteiger partial charge in [-0.3, -0.25) is 0 Å². The first-order chi connectivity index (χ1) is 12.9. The van der Waals surface area contributed by atoms with E-state index >= 15 is 0 Å². The fourth-order valence-electron chi connectivity index (χ4n) is 4.16. The smallest absolute Gasteiger partial charge is 0.137 e. The van der Waals surface area contributed by atoms with Gasteiger partial charge >= 0.3 is 0 Å². The number of anilines is 1. The van der Waals surface area contributed by atoms with Crippen LogP contribution in [-0.2, 0) is 6.42 Å². The van der Waals surface area contributed by atoms with E-state index in [0.717, 1.165) is 36.3 Å². The van der Waals surface area contributed by atoms with Crippen LogP contribution in [0.3, 0.4) is 0 Å². The predicted octanol–water partition coefficient (Wildman–Crippen LogP) is 6.54. The summed E-state index contributed by atoms with van der Waals surface area (Å²) in [4.78, 5) is 0. The average Bonchev–Trinajstić information content (AvgIpc) is 3.09. The van der Waals surface area contributed by atoms with E-state index in [2.05, 4.69) is 72.1 Å². The van der Waals surface area contributed by atoms with Crippen LogP contribution in [0.25, 0.3) is 17.0 Å². The van der Waals surface area contributed by atoms with Crippen LogP contribution in [0.2, 0.25) is 0 Å². The number of benzene rings is 1. The molecule has 5 rings (SSSR count). The summed E-state index contributed by atoms with van der Waals surface area (Å²) in [7, 11) is 0. The predicted molar refractivity (Wildman–Crippen MR) is 109 cm³/mol. The van der Waals surface area contributed by atoms with Gasteiger partial charge in [-0.15, -0.1) is 0 Å². The maximum absolute atomic E-state index is 6.04. The SMILES string of the molecule is C1=CC(C2C=CC(Nc3cccc4oc5c(c34)CCC=C5)=CC2)=CCC1. The third kappa shape index (κ3) is 2.76. The van der Waals surface area contributed by atoms with E-state index < -0.39 is 0 Å². The van der Waals surface area contributed by atoms with Crippen molar-refractivity contribution in [2.75, 3.05) is 5.32 Å². The zero-order valence-corrected chi connectivity index (χ0v) is 14.9. The van der Waals surface area contributed by atoms with Gasteiger partial charge in [-0.2, -0.15) is 0 Å². The summed E-state index contributed by atoms with van der Waals surface area (Å²) in [6.45, 7) is 0. The number of hydrogen-bond donors (Lipinski definition) is 1. The van der Waals surface area contributed by atoms with Crippen molar-refractivity contribution in [3.8, 4) is 0 Å². The van der Waals surface area contributed by atoms with Crippen LogP contribution in [0.1, 0.15) is 37.0 Å². The Morgan fingerprint density at radius 2 is 1.92 bits per heavy atom. The first-order valence-corrected chi connectivity index (χ1v) is 9.61. The van der Waals surface area contributed by atoms with Crippen LogP contribution in [-0.4, -0.2) is 0 Å². The third-order valence-electron chi connectivity index (χ3n) is 5.51. The quantitative estimate of drug-likeness (QED) is 0.685. The molecule has 0 spiro atoms. The lowest BCUT2D eigenvalue weighted by Crippen LogP contribution is -2.07. The minimum Gasteiger partial charge on any atom is -0.456 e. The lowest BCUT2D eigenvalue weighted by molar-refractivity contribution is 0.595. The molecule has 3 aliphatic rings. The monoisotopic (exact) mass is 341 g/mol. The molecule has 0 fully saturated rings. The van der Waals surface area contributed by atoms with Crippen molar-refractivity contribution in [1.29, 1.82) is 0 Å². The Morgan fingerprint density at radius 3 is 2.77 bits per heavy atom. The van der Waals surface area contributed by atoms with Gasteiger partial charge in [0.05, 0.1) is 0 Å². The number of aryl methyl sites for hydroxylation is 1. The molecule has 3 aliphatic carbocycles. The lowest BCUT2D eigenvalue weighted by Gasteiger charge is -2.20. The van der Waals surface area contributed by atoms with Crippen LogP contribution in [0, 0.1) is 5.92 Å². The Labute approximate surface area is 154 Å². The van der Waals surface area contributed by atoms with Gasteiger partial charge in [-0.1, -0.05) is 42.5 Å². The molecule has 0 saturated heterocycles. The summed E-state index contributed by atoms with van der Waals surface area (Å²) in [6, 6.07) is 6.29. The molecule has 1 aromatic heterocycles. The average molecular weight is 341 g/mol. The molecule has 0 radical (unpaired) electrons. The Balaban J connectivity index is 1.41. The van der Waals surface area contributed by atoms with Crippen molar-refractivity contribution < 1.29 is 4.42 Å². The minimum absolute atomic E-state index is 0.514. The molecule has 1 atom stereocenters. The summed E-state index contributed by atoms with van der Waals surface area (Å²) >= 11 is 0. The number of allylic oxidation sites excluding steroid dienone is 8. The molecular formula is C24H23NO. The second kappa shape index (κ2) is 6.53. The normalized spacial score (nSPS) is 21.5. The van der Waals surface area contributed by atoms with Gasteiger partial charge in [0.2, 0.25) is 0 Å². The van der Waals surface area contributed by atoms with Gasteiger partial charge < -0.3 is 9.73 Å². The molecule has 1 N–H and O–H groups in total. The van der Waals surface area contributed by atoms with E-state index in [-0.39, 0.29) is 0 Å². The van der Waals surface area contributed by atoms with E-state index in [1.807, 2.05) is 0 Å². The van der Waals surface area contributed by atoms with Gasteiger partial charge in [0, 0.05) is 28.3 Å². The summed E-state index contributed by atoms with van der Waals surface area (Å²) in [5, 5.41) is 4.87. The second-order valence-corrected chi connectivity index (χ2v) is 7.23. The highest BCUT2D eigenvalue weighted by atomic mass is 16.3. The zero-order valence-electron chi connectivity index (χ0n) is 14.9. The number of rotatable bonds is 3. The maximum Gasteiger partial charge on any atom is 0.137 e. The van der Waals surface area contributed by atoms with Crippen LogP contribution in [0.4, 0.5) is 5.69 Å². The summed E-state index contributed by atoms with van der Waals surface area (Å²) < 4.78 is 6.04. The van der Waals surface area contributed by atoms with Crippen LogP contribution >= 0.6 is 0 Å². The van der Waals surface area contributed by atoms with Crippen LogP contribution in [0.5, 0.6) is 0 Å². The zero-order chi connectivity index (χ0) is 17.3. The molecule has 0 amide bonds. The van der Waals surface area contributed by atoms with Gasteiger partial charge in [0.15, 0.2) is 0 Å². The Hall–Kier alpha value is -2.74. The van der Waals surface area contributed by atoms with Gasteiger partial charge in [-0.25, -0.2) is 0 Å². The number of nitrogens with one attached hydrogen (secondary N) is 1. The van der Waals surface area contributed by atoms with E-state index in [0.29, 0.717) is 5.92 Å². The molecule has 2 heteroatoms. The van der Waals surface area contributed by atoms with Crippen LogP contribution < -0.4 is 5.32 Å². The highest BCUT2D eigenvalue weighted by molar-refractivity contribution is 5.96. The number of furan rings is 1. The molecule has 0 bridgehead atoms. The molecule has 1 unspecified atom stereocenters. The minimum atomic E-state index is 0.514. The molecule has 0 aliphatic heterocycles. The van der Waals surface area contributed by atoms with Crippen molar-refractivity contribution in [1.82, 2.24) is 0 Å². The van der Waals surface area contributed by atoms with Gasteiger partial charge in [-0.05, 0) is 62.0 Å². The molecular weight excluding hydrogens is 318 g/mol. The Kier molecular flexibility index (Phi) is 3.89. The third-order valence-corrected chi connectivity index (χ3v) is 5.51. The Morgan fingerprint density at radius 1 is 0.962 bits per heavy atom. The molecule has 2 nitrogen and oxygen atoms in total. The summed E-state index contributed by atoms with van der Waals surface area (Å²) in [5.41, 5.74) is 6.09. The largest absolute Gasteiger partial charge is 0.456 e. The molecule has 130 valence electrons. The maximum atomic E-state index is 6.04. The van der Waals surface area contributed by atoms with E-state index in [1.165, 1.54) is 35.1 Å². The highest BCUT2D eigenvalue weighted by Gasteiger charge is 2.18. The fourth-order valence-corrected chi connectivity index (χ4v) is 4.16. The van der Waals surface area contributed by atoms with E-state index in [1.54, 1.807) is 0 Å². The summed E-state index contributed by atoms with van der Waals surface area (Å²) in [6.07, 6.45) is 23.7. The Bertz CT molecular complexity index is 997. The molecule has 2 aromatic rings. The molecule has 26 heavy (non-hydrogen) atoms. The van der Waals surface area contributed by atoms with Crippen molar-refractivity contribution >= 4 is 22.7 Å². The molecule has 0 saturated carbocycles. The molecule has 1 aromatic carbocycles. The second-order valence-electron chi connectivity index (χ2n) is 7.23. The van der Waals surface area contributed by atoms with Crippen molar-refractivity contribution in [2.45, 2.75) is 32.1 Å². The standard InChI is InChI=1S/C24H23NO/c1-2-7-17(8-3-1)18-13-15-19(16-14-18)25-21-10-6-12-23-24(21)20-9-4-5-11-22(20)26-23/h2,5-8,10-13,15-16,18,25H,1,3-4,9,14H2.